The maximum absolute atomic E-state index is 13.2. The summed E-state index contributed by atoms with van der Waals surface area (Å²) in [5, 5.41) is 2.55. The van der Waals surface area contributed by atoms with Crippen molar-refractivity contribution in [1.29, 1.82) is 0 Å². The highest BCUT2D eigenvalue weighted by atomic mass is 19.1. The van der Waals surface area contributed by atoms with E-state index in [9.17, 15) is 9.18 Å². The van der Waals surface area contributed by atoms with E-state index in [1.807, 2.05) is 0 Å². The van der Waals surface area contributed by atoms with Gasteiger partial charge in [-0.15, -0.1) is 0 Å². The quantitative estimate of drug-likeness (QED) is 0.612. The van der Waals surface area contributed by atoms with Gasteiger partial charge >= 0.3 is 0 Å². The van der Waals surface area contributed by atoms with E-state index >= 15 is 0 Å². The normalized spacial score (nSPS) is 26.5. The zero-order valence-corrected chi connectivity index (χ0v) is 6.83. The summed E-state index contributed by atoms with van der Waals surface area (Å²) in [6, 6.07) is 5.32. The SMILES string of the molecule is NC1C(=O)NC1c1ccccc1F. The van der Waals surface area contributed by atoms with Crippen LogP contribution in [0.15, 0.2) is 24.3 Å². The molecule has 1 aliphatic heterocycles. The fourth-order valence-corrected chi connectivity index (χ4v) is 1.39. The van der Waals surface area contributed by atoms with E-state index in [1.165, 1.54) is 6.07 Å². The first-order valence-corrected chi connectivity index (χ1v) is 4.00. The van der Waals surface area contributed by atoms with Gasteiger partial charge in [0, 0.05) is 5.56 Å². The van der Waals surface area contributed by atoms with Gasteiger partial charge in [-0.05, 0) is 6.07 Å². The predicted octanol–water partition coefficient (Wildman–Crippen LogP) is 0.324. The molecule has 1 aliphatic rings. The Morgan fingerprint density at radius 1 is 1.38 bits per heavy atom. The van der Waals surface area contributed by atoms with Crippen molar-refractivity contribution >= 4 is 5.91 Å². The molecule has 68 valence electrons. The highest BCUT2D eigenvalue weighted by Crippen LogP contribution is 2.24. The molecule has 1 heterocycles. The van der Waals surface area contributed by atoms with Gasteiger partial charge in [0.1, 0.15) is 11.9 Å². The molecule has 0 saturated carbocycles. The largest absolute Gasteiger partial charge is 0.346 e. The molecule has 4 heteroatoms. The van der Waals surface area contributed by atoms with Crippen molar-refractivity contribution in [3.63, 3.8) is 0 Å². The molecule has 0 bridgehead atoms. The van der Waals surface area contributed by atoms with Crippen LogP contribution in [-0.2, 0) is 4.79 Å². The van der Waals surface area contributed by atoms with Crippen LogP contribution in [0.25, 0.3) is 0 Å². The minimum Gasteiger partial charge on any atom is -0.346 e. The number of hydrogen-bond acceptors (Lipinski definition) is 2. The summed E-state index contributed by atoms with van der Waals surface area (Å²) < 4.78 is 13.2. The minimum absolute atomic E-state index is 0.228. The number of hydrogen-bond donors (Lipinski definition) is 2. The summed E-state index contributed by atoms with van der Waals surface area (Å²) >= 11 is 0. The Bertz CT molecular complexity index is 353. The molecular formula is C9H9FN2O. The van der Waals surface area contributed by atoms with Gasteiger partial charge in [-0.25, -0.2) is 4.39 Å². The number of nitrogens with one attached hydrogen (secondary N) is 1. The lowest BCUT2D eigenvalue weighted by Crippen LogP contribution is -2.60. The van der Waals surface area contributed by atoms with Gasteiger partial charge in [0.2, 0.25) is 5.91 Å². The van der Waals surface area contributed by atoms with Crippen molar-refractivity contribution in [3.05, 3.63) is 35.6 Å². The number of nitrogens with two attached hydrogens (primary N) is 1. The van der Waals surface area contributed by atoms with Crippen LogP contribution < -0.4 is 11.1 Å². The number of carbonyl (C=O) groups is 1. The fraction of sp³-hybridized carbons (Fsp3) is 0.222. The summed E-state index contributed by atoms with van der Waals surface area (Å²) in [6.07, 6.45) is 0. The number of amides is 1. The van der Waals surface area contributed by atoms with E-state index in [-0.39, 0.29) is 17.8 Å². The average molecular weight is 180 g/mol. The lowest BCUT2D eigenvalue weighted by atomic mass is 9.92. The smallest absolute Gasteiger partial charge is 0.239 e. The predicted molar refractivity (Wildman–Crippen MR) is 45.3 cm³/mol. The molecule has 2 unspecified atom stereocenters. The Morgan fingerprint density at radius 2 is 2.08 bits per heavy atom. The summed E-state index contributed by atoms with van der Waals surface area (Å²) in [4.78, 5) is 10.8. The molecule has 3 nitrogen and oxygen atoms in total. The molecule has 1 aromatic rings. The Kier molecular flexibility index (Phi) is 1.77. The first-order chi connectivity index (χ1) is 6.20. The van der Waals surface area contributed by atoms with E-state index in [0.29, 0.717) is 5.56 Å². The monoisotopic (exact) mass is 180 g/mol. The lowest BCUT2D eigenvalue weighted by molar-refractivity contribution is -0.130. The molecule has 2 rings (SSSR count). The Morgan fingerprint density at radius 3 is 2.62 bits per heavy atom. The maximum atomic E-state index is 13.2. The number of carbonyl (C=O) groups excluding carboxylic acids is 1. The van der Waals surface area contributed by atoms with Gasteiger partial charge in [0.05, 0.1) is 6.04 Å². The van der Waals surface area contributed by atoms with Crippen molar-refractivity contribution in [2.75, 3.05) is 0 Å². The van der Waals surface area contributed by atoms with Gasteiger partial charge < -0.3 is 11.1 Å². The molecule has 1 saturated heterocycles. The van der Waals surface area contributed by atoms with E-state index in [4.69, 9.17) is 5.73 Å². The van der Waals surface area contributed by atoms with Crippen LogP contribution in [0.2, 0.25) is 0 Å². The molecule has 1 fully saturated rings. The van der Waals surface area contributed by atoms with Crippen molar-refractivity contribution < 1.29 is 9.18 Å². The van der Waals surface area contributed by atoms with Crippen molar-refractivity contribution in [2.24, 2.45) is 5.73 Å². The van der Waals surface area contributed by atoms with E-state index in [0.717, 1.165) is 0 Å². The molecule has 0 spiro atoms. The molecule has 2 atom stereocenters. The maximum Gasteiger partial charge on any atom is 0.239 e. The van der Waals surface area contributed by atoms with Crippen LogP contribution >= 0.6 is 0 Å². The Labute approximate surface area is 74.7 Å². The topological polar surface area (TPSA) is 55.1 Å². The van der Waals surface area contributed by atoms with E-state index < -0.39 is 6.04 Å². The molecule has 3 N–H and O–H groups in total. The summed E-state index contributed by atoms with van der Waals surface area (Å²) in [5.74, 6) is -0.559. The summed E-state index contributed by atoms with van der Waals surface area (Å²) in [6.45, 7) is 0. The standard InChI is InChI=1S/C9H9FN2O/c10-6-4-2-1-3-5(6)8-7(11)9(13)12-8/h1-4,7-8H,11H2,(H,12,13). The van der Waals surface area contributed by atoms with Crippen LogP contribution in [0.1, 0.15) is 11.6 Å². The second-order valence-corrected chi connectivity index (χ2v) is 3.03. The molecular weight excluding hydrogens is 171 g/mol. The molecule has 0 aliphatic carbocycles. The summed E-state index contributed by atoms with van der Waals surface area (Å²) in [7, 11) is 0. The van der Waals surface area contributed by atoms with Crippen LogP contribution in [0.4, 0.5) is 4.39 Å². The van der Waals surface area contributed by atoms with Crippen LogP contribution in [-0.4, -0.2) is 11.9 Å². The Balaban J connectivity index is 2.27. The number of benzene rings is 1. The van der Waals surface area contributed by atoms with Gasteiger partial charge in [-0.3, -0.25) is 4.79 Å². The zero-order chi connectivity index (χ0) is 9.42. The molecule has 13 heavy (non-hydrogen) atoms. The highest BCUT2D eigenvalue weighted by molar-refractivity contribution is 5.89. The minimum atomic E-state index is -0.614. The number of β-lactam (4-membered cyclic amide) rings is 1. The molecule has 0 aromatic heterocycles. The molecule has 0 radical (unpaired) electrons. The first-order valence-electron chi connectivity index (χ1n) is 4.00. The van der Waals surface area contributed by atoms with Gasteiger partial charge in [-0.2, -0.15) is 0 Å². The third-order valence-corrected chi connectivity index (χ3v) is 2.20. The molecule has 1 aromatic carbocycles. The Hall–Kier alpha value is -1.42. The van der Waals surface area contributed by atoms with Crippen LogP contribution in [0.3, 0.4) is 0 Å². The highest BCUT2D eigenvalue weighted by Gasteiger charge is 2.38. The van der Waals surface area contributed by atoms with E-state index in [1.54, 1.807) is 18.2 Å². The average Bonchev–Trinajstić information content (AvgIpc) is 2.15. The fourth-order valence-electron chi connectivity index (χ4n) is 1.39. The zero-order valence-electron chi connectivity index (χ0n) is 6.83. The second kappa shape index (κ2) is 2.81. The third-order valence-electron chi connectivity index (χ3n) is 2.20. The first kappa shape index (κ1) is 8.19. The van der Waals surface area contributed by atoms with Crippen LogP contribution in [0, 0.1) is 5.82 Å². The van der Waals surface area contributed by atoms with Crippen molar-refractivity contribution in [2.45, 2.75) is 12.1 Å². The second-order valence-electron chi connectivity index (χ2n) is 3.03. The third kappa shape index (κ3) is 1.19. The van der Waals surface area contributed by atoms with Gasteiger partial charge in [-0.1, -0.05) is 18.2 Å². The number of halogens is 1. The van der Waals surface area contributed by atoms with E-state index in [2.05, 4.69) is 5.32 Å². The van der Waals surface area contributed by atoms with Crippen LogP contribution in [0.5, 0.6) is 0 Å². The molecule has 1 amide bonds. The van der Waals surface area contributed by atoms with Crippen molar-refractivity contribution in [3.8, 4) is 0 Å². The van der Waals surface area contributed by atoms with Gasteiger partial charge in [0.25, 0.3) is 0 Å². The summed E-state index contributed by atoms with van der Waals surface area (Å²) in [5.41, 5.74) is 5.94. The van der Waals surface area contributed by atoms with Crippen molar-refractivity contribution in [1.82, 2.24) is 5.32 Å². The lowest BCUT2D eigenvalue weighted by Gasteiger charge is -2.34. The number of rotatable bonds is 1. The van der Waals surface area contributed by atoms with Gasteiger partial charge in [0.15, 0.2) is 0 Å².